The Morgan fingerprint density at radius 1 is 1.33 bits per heavy atom. The number of allylic oxidation sites excluding steroid dienone is 1. The summed E-state index contributed by atoms with van der Waals surface area (Å²) in [4.78, 5) is 31.2. The number of hydrogen-bond acceptors (Lipinski definition) is 7. The molecule has 158 valence electrons. The van der Waals surface area contributed by atoms with E-state index in [1.54, 1.807) is 30.3 Å². The Morgan fingerprint density at radius 2 is 2.10 bits per heavy atom. The minimum Gasteiger partial charge on any atom is -0.384 e. The zero-order valence-electron chi connectivity index (χ0n) is 17.0. The molecule has 3 rings (SSSR count). The van der Waals surface area contributed by atoms with Crippen molar-refractivity contribution in [2.75, 3.05) is 17.6 Å². The Morgan fingerprint density at radius 3 is 2.80 bits per heavy atom. The number of nitrogen functional groups attached to an aromatic ring is 1. The number of amides is 2. The molecule has 10 heteroatoms. The average molecular weight is 410 g/mol. The number of hydrogen-bond donors (Lipinski definition) is 4. The minimum absolute atomic E-state index is 0.274. The van der Waals surface area contributed by atoms with Gasteiger partial charge < -0.3 is 27.1 Å². The fourth-order valence-corrected chi connectivity index (χ4v) is 3.50. The highest BCUT2D eigenvalue weighted by Crippen LogP contribution is 2.33. The normalized spacial score (nSPS) is 19.4. The molecule has 0 unspecified atom stereocenters. The van der Waals surface area contributed by atoms with Crippen LogP contribution in [0.4, 0.5) is 11.5 Å². The Bertz CT molecular complexity index is 996. The number of aromatic nitrogens is 3. The van der Waals surface area contributed by atoms with E-state index in [0.29, 0.717) is 35.9 Å². The number of pyridine rings is 1. The molecule has 2 aromatic heterocycles. The molecule has 1 saturated heterocycles. The van der Waals surface area contributed by atoms with Crippen LogP contribution in [0.1, 0.15) is 36.9 Å². The van der Waals surface area contributed by atoms with Crippen LogP contribution < -0.4 is 16.8 Å². The molecule has 1 aliphatic rings. The predicted octanol–water partition coefficient (Wildman–Crippen LogP) is 1.51. The van der Waals surface area contributed by atoms with Crippen LogP contribution in [0.15, 0.2) is 30.7 Å². The quantitative estimate of drug-likeness (QED) is 0.442. The molecule has 1 fully saturated rings. The molecule has 0 aromatic carbocycles. The molecule has 2 atom stereocenters. The lowest BCUT2D eigenvalue weighted by Crippen LogP contribution is -2.46. The van der Waals surface area contributed by atoms with Crippen LogP contribution in [0.5, 0.6) is 0 Å². The molecule has 0 saturated carbocycles. The summed E-state index contributed by atoms with van der Waals surface area (Å²) < 4.78 is 1.45. The summed E-state index contributed by atoms with van der Waals surface area (Å²) in [7, 11) is 0. The Kier molecular flexibility index (Phi) is 6.14. The highest BCUT2D eigenvalue weighted by atomic mass is 16.2. The first kappa shape index (κ1) is 21.0. The van der Waals surface area contributed by atoms with Gasteiger partial charge in [0.15, 0.2) is 0 Å². The molecule has 0 aliphatic carbocycles. The average Bonchev–Trinajstić information content (AvgIpc) is 3.20. The van der Waals surface area contributed by atoms with Gasteiger partial charge in [0.1, 0.15) is 11.6 Å². The molecular formula is C20H26N8O2. The van der Waals surface area contributed by atoms with E-state index in [2.05, 4.69) is 22.3 Å². The third-order valence-electron chi connectivity index (χ3n) is 5.16. The van der Waals surface area contributed by atoms with E-state index in [1.165, 1.54) is 17.0 Å². The molecule has 2 amide bonds. The fraction of sp³-hybridized carbons (Fsp3) is 0.350. The Labute approximate surface area is 174 Å². The predicted molar refractivity (Wildman–Crippen MR) is 114 cm³/mol. The van der Waals surface area contributed by atoms with Crippen LogP contribution >= 0.6 is 0 Å². The monoisotopic (exact) mass is 410 g/mol. The summed E-state index contributed by atoms with van der Waals surface area (Å²) >= 11 is 0. The number of carbonyl (C=O) groups excluding carboxylic acids is 2. The second kappa shape index (κ2) is 8.76. The number of anilines is 2. The Balaban J connectivity index is 1.80. The molecule has 10 nitrogen and oxygen atoms in total. The third kappa shape index (κ3) is 4.48. The van der Waals surface area contributed by atoms with Gasteiger partial charge >= 0.3 is 11.8 Å². The van der Waals surface area contributed by atoms with Gasteiger partial charge in [-0.15, -0.1) is 0 Å². The molecular weight excluding hydrogens is 384 g/mol. The molecule has 0 bridgehead atoms. The maximum absolute atomic E-state index is 13.0. The van der Waals surface area contributed by atoms with Crippen LogP contribution in [0.3, 0.4) is 0 Å². The van der Waals surface area contributed by atoms with Gasteiger partial charge in [-0.3, -0.25) is 9.59 Å². The number of rotatable bonds is 4. The number of nitrogens with zero attached hydrogens (tertiary/aromatic N) is 4. The number of carbonyl (C=O) groups is 2. The SMILES string of the molecule is Cc1cc(NC(=O)C(=O)N2C[C@H](C)CC[C@H]2c2cnn(/C(N)=C/C=N)c2)cnc1N. The van der Waals surface area contributed by atoms with Gasteiger partial charge in [-0.1, -0.05) is 6.92 Å². The van der Waals surface area contributed by atoms with E-state index in [-0.39, 0.29) is 12.0 Å². The van der Waals surface area contributed by atoms with Crippen molar-refractivity contribution in [1.29, 1.82) is 5.41 Å². The van der Waals surface area contributed by atoms with Crippen molar-refractivity contribution in [3.63, 3.8) is 0 Å². The van der Waals surface area contributed by atoms with Gasteiger partial charge in [0, 0.05) is 24.5 Å². The van der Waals surface area contributed by atoms with Crippen molar-refractivity contribution in [2.24, 2.45) is 11.7 Å². The topological polar surface area (TPSA) is 156 Å². The van der Waals surface area contributed by atoms with Gasteiger partial charge in [-0.2, -0.15) is 5.10 Å². The number of likely N-dealkylation sites (tertiary alicyclic amines) is 1. The van der Waals surface area contributed by atoms with Gasteiger partial charge in [0.05, 0.1) is 24.1 Å². The molecule has 6 N–H and O–H groups in total. The van der Waals surface area contributed by atoms with Crippen LogP contribution in [-0.4, -0.2) is 44.2 Å². The summed E-state index contributed by atoms with van der Waals surface area (Å²) in [6, 6.07) is 1.39. The largest absolute Gasteiger partial charge is 0.384 e. The first-order valence-electron chi connectivity index (χ1n) is 9.65. The molecule has 0 spiro atoms. The van der Waals surface area contributed by atoms with Crippen molar-refractivity contribution in [2.45, 2.75) is 32.7 Å². The van der Waals surface area contributed by atoms with E-state index in [0.717, 1.165) is 18.2 Å². The van der Waals surface area contributed by atoms with E-state index in [1.807, 2.05) is 0 Å². The molecule has 1 aliphatic heterocycles. The molecule has 0 radical (unpaired) electrons. The number of nitrogens with two attached hydrogens (primary N) is 2. The van der Waals surface area contributed by atoms with Gasteiger partial charge in [0.2, 0.25) is 0 Å². The van der Waals surface area contributed by atoms with Gasteiger partial charge in [-0.05, 0) is 43.4 Å². The van der Waals surface area contributed by atoms with E-state index < -0.39 is 11.8 Å². The summed E-state index contributed by atoms with van der Waals surface area (Å²) in [5.74, 6) is -0.399. The molecule has 3 heterocycles. The maximum Gasteiger partial charge on any atom is 0.313 e. The highest BCUT2D eigenvalue weighted by molar-refractivity contribution is 6.39. The van der Waals surface area contributed by atoms with Gasteiger partial charge in [-0.25, -0.2) is 9.67 Å². The maximum atomic E-state index is 13.0. The van der Waals surface area contributed by atoms with Crippen LogP contribution in [-0.2, 0) is 9.59 Å². The van der Waals surface area contributed by atoms with Crippen molar-refractivity contribution in [1.82, 2.24) is 19.7 Å². The standard InChI is InChI=1S/C20H26N8O2/c1-12-3-4-16(14-8-25-28(11-14)17(22)5-6-21)27(10-12)20(30)19(29)26-15-7-13(2)18(23)24-9-15/h5-9,11-12,16,21H,3-4,10,22H2,1-2H3,(H2,23,24)(H,26,29)/b17-5+,21-6?/t12-,16+/m1/s1. The van der Waals surface area contributed by atoms with Crippen LogP contribution in [0.25, 0.3) is 5.82 Å². The lowest BCUT2D eigenvalue weighted by atomic mass is 9.91. The zero-order valence-corrected chi connectivity index (χ0v) is 17.0. The smallest absolute Gasteiger partial charge is 0.313 e. The lowest BCUT2D eigenvalue weighted by Gasteiger charge is -2.37. The number of nitrogens with one attached hydrogen (secondary N) is 2. The van der Waals surface area contributed by atoms with Crippen molar-refractivity contribution in [3.8, 4) is 0 Å². The first-order chi connectivity index (χ1) is 14.3. The highest BCUT2D eigenvalue weighted by Gasteiger charge is 2.35. The Hall–Kier alpha value is -3.69. The molecule has 2 aromatic rings. The summed E-state index contributed by atoms with van der Waals surface area (Å²) in [6.45, 7) is 4.29. The van der Waals surface area contributed by atoms with Crippen molar-refractivity contribution in [3.05, 3.63) is 41.9 Å². The third-order valence-corrected chi connectivity index (χ3v) is 5.16. The second-order valence-electron chi connectivity index (χ2n) is 7.51. The van der Waals surface area contributed by atoms with Crippen molar-refractivity contribution >= 4 is 35.4 Å². The summed E-state index contributed by atoms with van der Waals surface area (Å²) in [5.41, 5.74) is 13.5. The van der Waals surface area contributed by atoms with E-state index in [4.69, 9.17) is 16.9 Å². The minimum atomic E-state index is -0.726. The molecule has 30 heavy (non-hydrogen) atoms. The summed E-state index contributed by atoms with van der Waals surface area (Å²) in [6.07, 6.45) is 8.91. The van der Waals surface area contributed by atoms with E-state index in [9.17, 15) is 9.59 Å². The van der Waals surface area contributed by atoms with Gasteiger partial charge in [0.25, 0.3) is 0 Å². The van der Waals surface area contributed by atoms with E-state index >= 15 is 0 Å². The van der Waals surface area contributed by atoms with Crippen molar-refractivity contribution < 1.29 is 9.59 Å². The summed E-state index contributed by atoms with van der Waals surface area (Å²) in [5, 5.41) is 14.0. The number of aryl methyl sites for hydroxylation is 1. The second-order valence-corrected chi connectivity index (χ2v) is 7.51. The van der Waals surface area contributed by atoms with Crippen LogP contribution in [0.2, 0.25) is 0 Å². The first-order valence-corrected chi connectivity index (χ1v) is 9.65. The zero-order chi connectivity index (χ0) is 21.8. The van der Waals surface area contributed by atoms with Crippen LogP contribution in [0, 0.1) is 18.3 Å². The number of piperidine rings is 1. The fourth-order valence-electron chi connectivity index (χ4n) is 3.50. The lowest BCUT2D eigenvalue weighted by molar-refractivity contribution is -0.146.